The van der Waals surface area contributed by atoms with E-state index in [1.807, 2.05) is 11.6 Å². The Hall–Kier alpha value is -3.04. The molecule has 172 valence electrons. The van der Waals surface area contributed by atoms with Crippen molar-refractivity contribution in [3.63, 3.8) is 0 Å². The third-order valence-electron chi connectivity index (χ3n) is 6.99. The van der Waals surface area contributed by atoms with Gasteiger partial charge in [0.05, 0.1) is 0 Å². The van der Waals surface area contributed by atoms with Gasteiger partial charge in [-0.25, -0.2) is 14.6 Å². The van der Waals surface area contributed by atoms with Crippen LogP contribution in [0.25, 0.3) is 10.6 Å². The van der Waals surface area contributed by atoms with Gasteiger partial charge in [-0.15, -0.1) is 11.3 Å². The summed E-state index contributed by atoms with van der Waals surface area (Å²) < 4.78 is 1.14. The summed E-state index contributed by atoms with van der Waals surface area (Å²) in [7, 11) is 0. The Morgan fingerprint density at radius 3 is 2.64 bits per heavy atom. The lowest BCUT2D eigenvalue weighted by molar-refractivity contribution is 0.0689. The van der Waals surface area contributed by atoms with E-state index in [1.165, 1.54) is 29.0 Å². The quantitative estimate of drug-likeness (QED) is 0.627. The number of thiazole rings is 1. The van der Waals surface area contributed by atoms with Crippen molar-refractivity contribution in [2.75, 3.05) is 26.2 Å². The molecule has 1 aromatic carbocycles. The number of likely N-dealkylation sites (tertiary alicyclic amines) is 2. The van der Waals surface area contributed by atoms with E-state index in [9.17, 15) is 9.59 Å². The highest BCUT2D eigenvalue weighted by molar-refractivity contribution is 7.13. The Kier molecular flexibility index (Phi) is 5.76. The molecule has 0 unspecified atom stereocenters. The van der Waals surface area contributed by atoms with Gasteiger partial charge < -0.3 is 10.0 Å². The number of carboxylic acid groups (broad SMARTS) is 1. The van der Waals surface area contributed by atoms with Crippen LogP contribution >= 0.6 is 11.3 Å². The molecule has 2 fully saturated rings. The normalized spacial score (nSPS) is 18.2. The van der Waals surface area contributed by atoms with Crippen molar-refractivity contribution in [3.05, 3.63) is 58.9 Å². The van der Waals surface area contributed by atoms with Crippen LogP contribution in [0.5, 0.6) is 0 Å². The van der Waals surface area contributed by atoms with E-state index in [0.29, 0.717) is 13.1 Å². The van der Waals surface area contributed by atoms with Crippen molar-refractivity contribution < 1.29 is 14.7 Å². The van der Waals surface area contributed by atoms with Crippen LogP contribution in [0.4, 0.5) is 4.79 Å². The van der Waals surface area contributed by atoms with E-state index >= 15 is 0 Å². The van der Waals surface area contributed by atoms with Gasteiger partial charge in [0, 0.05) is 49.5 Å². The molecule has 1 spiro atoms. The number of piperidine rings is 1. The van der Waals surface area contributed by atoms with Crippen molar-refractivity contribution >= 4 is 23.3 Å². The second-order valence-corrected chi connectivity index (χ2v) is 10.1. The molecule has 1 amide bonds. The van der Waals surface area contributed by atoms with Crippen LogP contribution in [0.2, 0.25) is 0 Å². The number of aryl methyl sites for hydroxylation is 1. The van der Waals surface area contributed by atoms with Crippen LogP contribution < -0.4 is 0 Å². The lowest BCUT2D eigenvalue weighted by Gasteiger charge is -2.39. The minimum absolute atomic E-state index is 0.114. The number of aromatic nitrogens is 3. The molecular weight excluding hydrogens is 438 g/mol. The van der Waals surface area contributed by atoms with Gasteiger partial charge in [0.2, 0.25) is 0 Å². The van der Waals surface area contributed by atoms with E-state index in [2.05, 4.69) is 40.1 Å². The zero-order valence-electron chi connectivity index (χ0n) is 18.6. The maximum absolute atomic E-state index is 12.7. The fourth-order valence-corrected chi connectivity index (χ4v) is 5.76. The molecule has 0 saturated carbocycles. The fraction of sp³-hybridized carbons (Fsp3) is 0.417. The summed E-state index contributed by atoms with van der Waals surface area (Å²) in [6, 6.07) is 7.78. The summed E-state index contributed by atoms with van der Waals surface area (Å²) in [5.74, 6) is -1.13. The van der Waals surface area contributed by atoms with Gasteiger partial charge in [0.1, 0.15) is 5.01 Å². The van der Waals surface area contributed by atoms with Crippen LogP contribution in [-0.2, 0) is 6.54 Å². The molecule has 0 bridgehead atoms. The SMILES string of the molecule is Cc1ccc(CN2CCC3(CCN(C(=O)n4ccc(C(=O)O)n4)CC3)C2)cc1-c1nccs1. The van der Waals surface area contributed by atoms with Gasteiger partial charge >= 0.3 is 12.0 Å². The first-order valence-corrected chi connectivity index (χ1v) is 12.1. The number of carbonyl (C=O) groups is 2. The highest BCUT2D eigenvalue weighted by Crippen LogP contribution is 2.41. The molecule has 3 aromatic rings. The Labute approximate surface area is 196 Å². The number of benzene rings is 1. The minimum Gasteiger partial charge on any atom is -0.476 e. The van der Waals surface area contributed by atoms with Gasteiger partial charge in [-0.05, 0) is 61.4 Å². The Morgan fingerprint density at radius 1 is 1.15 bits per heavy atom. The molecule has 2 saturated heterocycles. The average molecular weight is 466 g/mol. The summed E-state index contributed by atoms with van der Waals surface area (Å²) in [4.78, 5) is 32.5. The summed E-state index contributed by atoms with van der Waals surface area (Å²) in [5, 5.41) is 16.0. The van der Waals surface area contributed by atoms with E-state index < -0.39 is 5.97 Å². The molecule has 5 rings (SSSR count). The number of nitrogens with zero attached hydrogens (tertiary/aromatic N) is 5. The highest BCUT2D eigenvalue weighted by Gasteiger charge is 2.41. The first-order chi connectivity index (χ1) is 15.9. The van der Waals surface area contributed by atoms with Crippen molar-refractivity contribution in [2.45, 2.75) is 32.7 Å². The van der Waals surface area contributed by atoms with Gasteiger partial charge in [0.25, 0.3) is 0 Å². The van der Waals surface area contributed by atoms with E-state index in [4.69, 9.17) is 5.11 Å². The summed E-state index contributed by atoms with van der Waals surface area (Å²) in [5.41, 5.74) is 3.90. The number of amides is 1. The van der Waals surface area contributed by atoms with Crippen LogP contribution in [0, 0.1) is 12.3 Å². The highest BCUT2D eigenvalue weighted by atomic mass is 32.1. The maximum atomic E-state index is 12.7. The molecule has 0 radical (unpaired) electrons. The summed E-state index contributed by atoms with van der Waals surface area (Å²) in [6.07, 6.45) is 6.34. The summed E-state index contributed by atoms with van der Waals surface area (Å²) in [6.45, 7) is 6.51. The van der Waals surface area contributed by atoms with Gasteiger partial charge in [-0.2, -0.15) is 9.78 Å². The standard InChI is InChI=1S/C24H27N5O3S/c1-17-2-3-18(14-19(17)21-25-8-13-33-21)15-27-10-5-24(16-27)6-11-28(12-7-24)23(32)29-9-4-20(26-29)22(30)31/h2-4,8-9,13-14H,5-7,10-12,15-16H2,1H3,(H,30,31). The van der Waals surface area contributed by atoms with Crippen LogP contribution in [-0.4, -0.2) is 67.9 Å². The van der Waals surface area contributed by atoms with Crippen molar-refractivity contribution in [1.29, 1.82) is 0 Å². The lowest BCUT2D eigenvalue weighted by atomic mass is 9.78. The number of carboxylic acids is 1. The van der Waals surface area contributed by atoms with Crippen molar-refractivity contribution in [2.24, 2.45) is 5.41 Å². The zero-order valence-corrected chi connectivity index (χ0v) is 19.4. The number of hydrogen-bond donors (Lipinski definition) is 1. The Bertz CT molecular complexity index is 1160. The molecule has 0 aliphatic carbocycles. The molecule has 8 nitrogen and oxygen atoms in total. The number of aromatic carboxylic acids is 1. The number of rotatable bonds is 4. The first kappa shape index (κ1) is 21.8. The molecule has 33 heavy (non-hydrogen) atoms. The molecular formula is C24H27N5O3S. The number of carbonyl (C=O) groups excluding carboxylic acids is 1. The van der Waals surface area contributed by atoms with Crippen molar-refractivity contribution in [1.82, 2.24) is 24.6 Å². The van der Waals surface area contributed by atoms with E-state index in [-0.39, 0.29) is 17.1 Å². The van der Waals surface area contributed by atoms with Crippen LogP contribution in [0.1, 0.15) is 40.9 Å². The van der Waals surface area contributed by atoms with Gasteiger partial charge in [-0.1, -0.05) is 12.1 Å². The molecule has 9 heteroatoms. The average Bonchev–Trinajstić information content (AvgIpc) is 3.57. The van der Waals surface area contributed by atoms with Crippen LogP contribution in [0.3, 0.4) is 0 Å². The molecule has 4 heterocycles. The predicted molar refractivity (Wildman–Crippen MR) is 125 cm³/mol. The topological polar surface area (TPSA) is 91.6 Å². The monoisotopic (exact) mass is 465 g/mol. The minimum atomic E-state index is -1.13. The first-order valence-electron chi connectivity index (χ1n) is 11.2. The predicted octanol–water partition coefficient (Wildman–Crippen LogP) is 3.97. The van der Waals surface area contributed by atoms with E-state index in [0.717, 1.165) is 48.6 Å². The largest absolute Gasteiger partial charge is 0.476 e. The maximum Gasteiger partial charge on any atom is 0.356 e. The second-order valence-electron chi connectivity index (χ2n) is 9.17. The van der Waals surface area contributed by atoms with Crippen LogP contribution in [0.15, 0.2) is 42.0 Å². The fourth-order valence-electron chi connectivity index (χ4n) is 5.05. The molecule has 2 aromatic heterocycles. The van der Waals surface area contributed by atoms with Crippen molar-refractivity contribution in [3.8, 4) is 10.6 Å². The Morgan fingerprint density at radius 2 is 1.94 bits per heavy atom. The van der Waals surface area contributed by atoms with Gasteiger partial charge in [0.15, 0.2) is 5.69 Å². The smallest absolute Gasteiger partial charge is 0.356 e. The Balaban J connectivity index is 1.19. The van der Waals surface area contributed by atoms with E-state index in [1.54, 1.807) is 16.2 Å². The second kappa shape index (κ2) is 8.72. The molecule has 1 N–H and O–H groups in total. The third kappa shape index (κ3) is 4.43. The number of hydrogen-bond acceptors (Lipinski definition) is 6. The third-order valence-corrected chi connectivity index (χ3v) is 7.79. The lowest BCUT2D eigenvalue weighted by Crippen LogP contribution is -2.45. The molecule has 2 aliphatic rings. The zero-order chi connectivity index (χ0) is 23.0. The van der Waals surface area contributed by atoms with Gasteiger partial charge in [-0.3, -0.25) is 4.90 Å². The summed E-state index contributed by atoms with van der Waals surface area (Å²) >= 11 is 1.67. The molecule has 0 atom stereocenters. The molecule has 2 aliphatic heterocycles.